The van der Waals surface area contributed by atoms with E-state index in [0.29, 0.717) is 22.9 Å². The van der Waals surface area contributed by atoms with Crippen LogP contribution in [0.4, 0.5) is 10.1 Å². The summed E-state index contributed by atoms with van der Waals surface area (Å²) in [5, 5.41) is 17.9. The van der Waals surface area contributed by atoms with Gasteiger partial charge < -0.3 is 5.32 Å². The van der Waals surface area contributed by atoms with Crippen LogP contribution in [0.5, 0.6) is 0 Å². The summed E-state index contributed by atoms with van der Waals surface area (Å²) < 4.78 is 17.3. The van der Waals surface area contributed by atoms with Crippen molar-refractivity contribution in [3.05, 3.63) is 77.1 Å². The third kappa shape index (κ3) is 3.70. The molecule has 0 fully saturated rings. The number of nitrogens with zero attached hydrogens (tertiary/aromatic N) is 6. The maximum absolute atomic E-state index is 14.3. The second-order valence-corrected chi connectivity index (χ2v) is 6.88. The molecule has 0 aliphatic heterocycles. The predicted molar refractivity (Wildman–Crippen MR) is 110 cm³/mol. The van der Waals surface area contributed by atoms with Gasteiger partial charge in [-0.25, -0.2) is 9.07 Å². The van der Waals surface area contributed by atoms with Gasteiger partial charge in [0, 0.05) is 0 Å². The summed E-state index contributed by atoms with van der Waals surface area (Å²) in [5.41, 5.74) is 2.14. The van der Waals surface area contributed by atoms with E-state index < -0.39 is 17.5 Å². The van der Waals surface area contributed by atoms with Crippen molar-refractivity contribution in [1.29, 1.82) is 0 Å². The van der Waals surface area contributed by atoms with E-state index in [9.17, 15) is 14.0 Å². The highest BCUT2D eigenvalue weighted by atomic mass is 19.1. The van der Waals surface area contributed by atoms with Crippen molar-refractivity contribution in [2.75, 3.05) is 5.32 Å². The predicted octanol–water partition coefficient (Wildman–Crippen LogP) is 2.73. The molecule has 0 atom stereocenters. The number of para-hydroxylation sites is 1. The number of halogens is 1. The van der Waals surface area contributed by atoms with Crippen molar-refractivity contribution in [2.45, 2.75) is 20.8 Å². The van der Waals surface area contributed by atoms with E-state index in [-0.39, 0.29) is 11.3 Å². The highest BCUT2D eigenvalue weighted by molar-refractivity contribution is 6.47. The van der Waals surface area contributed by atoms with Crippen molar-refractivity contribution in [3.8, 4) is 11.4 Å². The first-order valence-corrected chi connectivity index (χ1v) is 9.39. The van der Waals surface area contributed by atoms with E-state index in [4.69, 9.17) is 0 Å². The molecule has 0 radical (unpaired) electrons. The maximum atomic E-state index is 14.3. The number of amides is 1. The molecule has 1 amide bonds. The number of tetrazole rings is 1. The monoisotopic (exact) mass is 419 g/mol. The van der Waals surface area contributed by atoms with Crippen molar-refractivity contribution >= 4 is 17.4 Å². The van der Waals surface area contributed by atoms with Crippen LogP contribution in [0.2, 0.25) is 0 Å². The fourth-order valence-corrected chi connectivity index (χ4v) is 3.30. The molecule has 0 aliphatic rings. The average molecular weight is 419 g/mol. The Morgan fingerprint density at radius 2 is 1.71 bits per heavy atom. The number of carbonyl (C=O) groups excluding carboxylic acids is 2. The van der Waals surface area contributed by atoms with Crippen molar-refractivity contribution < 1.29 is 14.0 Å². The molecule has 156 valence electrons. The topological polar surface area (TPSA) is 108 Å². The van der Waals surface area contributed by atoms with Gasteiger partial charge in [0.25, 0.3) is 11.7 Å². The standard InChI is InChI=1S/C21H18FN7O2/c1-12-19(13(2)28(25-12)15-7-5-4-6-8-15)20(30)21(31)23-18-11-16(9-10-17(18)22)29-14(3)24-26-27-29/h4-11H,1-3H3,(H,23,31). The number of benzene rings is 2. The number of aromatic nitrogens is 6. The summed E-state index contributed by atoms with van der Waals surface area (Å²) in [6.45, 7) is 5.03. The van der Waals surface area contributed by atoms with Gasteiger partial charge in [-0.15, -0.1) is 5.10 Å². The number of aryl methyl sites for hydroxylation is 2. The summed E-state index contributed by atoms with van der Waals surface area (Å²) in [4.78, 5) is 25.6. The number of hydrogen-bond acceptors (Lipinski definition) is 6. The van der Waals surface area contributed by atoms with Gasteiger partial charge in [0.15, 0.2) is 5.82 Å². The number of Topliss-reactive ketones (excluding diaryl/α,β-unsaturated/α-hetero) is 1. The summed E-state index contributed by atoms with van der Waals surface area (Å²) in [5.74, 6) is -1.98. The minimum atomic E-state index is -0.969. The first-order valence-electron chi connectivity index (χ1n) is 9.39. The Morgan fingerprint density at radius 3 is 2.39 bits per heavy atom. The first kappa shape index (κ1) is 20.1. The van der Waals surface area contributed by atoms with E-state index in [1.54, 1.807) is 25.5 Å². The molecule has 4 aromatic rings. The fraction of sp³-hybridized carbons (Fsp3) is 0.143. The number of ketones is 1. The van der Waals surface area contributed by atoms with Crippen LogP contribution in [0.15, 0.2) is 48.5 Å². The zero-order valence-corrected chi connectivity index (χ0v) is 17.0. The molecule has 1 N–H and O–H groups in total. The first-order chi connectivity index (χ1) is 14.9. The van der Waals surface area contributed by atoms with Gasteiger partial charge >= 0.3 is 0 Å². The lowest BCUT2D eigenvalue weighted by atomic mass is 10.1. The molecule has 31 heavy (non-hydrogen) atoms. The van der Waals surface area contributed by atoms with Crippen LogP contribution in [-0.2, 0) is 4.79 Å². The smallest absolute Gasteiger partial charge is 0.296 e. The van der Waals surface area contributed by atoms with Crippen molar-refractivity contribution in [1.82, 2.24) is 30.0 Å². The normalized spacial score (nSPS) is 10.8. The van der Waals surface area contributed by atoms with Gasteiger partial charge in [-0.1, -0.05) is 18.2 Å². The van der Waals surface area contributed by atoms with Gasteiger partial charge in [-0.2, -0.15) is 9.78 Å². The van der Waals surface area contributed by atoms with E-state index in [1.165, 1.54) is 22.9 Å². The van der Waals surface area contributed by atoms with Crippen LogP contribution in [0, 0.1) is 26.6 Å². The molecule has 2 aromatic carbocycles. The number of hydrogen-bond donors (Lipinski definition) is 1. The molecule has 4 rings (SSSR count). The molecule has 10 heteroatoms. The molecular formula is C21H18FN7O2. The van der Waals surface area contributed by atoms with Crippen LogP contribution in [-0.4, -0.2) is 41.7 Å². The molecule has 0 aliphatic carbocycles. The lowest BCUT2D eigenvalue weighted by Gasteiger charge is -2.09. The zero-order chi connectivity index (χ0) is 22.1. The Labute approximate surface area is 176 Å². The van der Waals surface area contributed by atoms with E-state index in [2.05, 4.69) is 25.9 Å². The van der Waals surface area contributed by atoms with Gasteiger partial charge in [0.2, 0.25) is 0 Å². The minimum absolute atomic E-state index is 0.156. The lowest BCUT2D eigenvalue weighted by Crippen LogP contribution is -2.24. The lowest BCUT2D eigenvalue weighted by molar-refractivity contribution is -0.112. The van der Waals surface area contributed by atoms with Crippen molar-refractivity contribution in [2.24, 2.45) is 0 Å². The van der Waals surface area contributed by atoms with Crippen LogP contribution in [0.3, 0.4) is 0 Å². The Bertz CT molecular complexity index is 1290. The quantitative estimate of drug-likeness (QED) is 0.394. The third-order valence-corrected chi connectivity index (χ3v) is 4.79. The largest absolute Gasteiger partial charge is 0.317 e. The maximum Gasteiger partial charge on any atom is 0.296 e. The molecule has 0 bridgehead atoms. The highest BCUT2D eigenvalue weighted by Crippen LogP contribution is 2.22. The van der Waals surface area contributed by atoms with Gasteiger partial charge in [0.1, 0.15) is 5.82 Å². The Kier molecular flexibility index (Phi) is 5.12. The zero-order valence-electron chi connectivity index (χ0n) is 17.0. The van der Waals surface area contributed by atoms with Crippen LogP contribution < -0.4 is 5.32 Å². The van der Waals surface area contributed by atoms with E-state index in [1.807, 2.05) is 30.3 Å². The van der Waals surface area contributed by atoms with E-state index >= 15 is 0 Å². The average Bonchev–Trinajstić information content (AvgIpc) is 3.32. The molecule has 0 unspecified atom stereocenters. The van der Waals surface area contributed by atoms with Crippen LogP contribution >= 0.6 is 0 Å². The molecule has 0 saturated heterocycles. The SMILES string of the molecule is Cc1nn(-c2ccccc2)c(C)c1C(=O)C(=O)Nc1cc(-n2nnnc2C)ccc1F. The number of carbonyl (C=O) groups is 2. The number of anilines is 1. The molecular weight excluding hydrogens is 401 g/mol. The van der Waals surface area contributed by atoms with Gasteiger partial charge in [0.05, 0.1) is 34.0 Å². The summed E-state index contributed by atoms with van der Waals surface area (Å²) in [7, 11) is 0. The van der Waals surface area contributed by atoms with Crippen LogP contribution in [0.25, 0.3) is 11.4 Å². The summed E-state index contributed by atoms with van der Waals surface area (Å²) >= 11 is 0. The molecule has 2 aromatic heterocycles. The Hall–Kier alpha value is -4.21. The highest BCUT2D eigenvalue weighted by Gasteiger charge is 2.26. The Balaban J connectivity index is 1.63. The fourth-order valence-electron chi connectivity index (χ4n) is 3.30. The summed E-state index contributed by atoms with van der Waals surface area (Å²) in [6, 6.07) is 13.2. The summed E-state index contributed by atoms with van der Waals surface area (Å²) in [6.07, 6.45) is 0. The van der Waals surface area contributed by atoms with Crippen molar-refractivity contribution in [3.63, 3.8) is 0 Å². The number of rotatable bonds is 5. The second-order valence-electron chi connectivity index (χ2n) is 6.88. The minimum Gasteiger partial charge on any atom is -0.317 e. The molecule has 9 nitrogen and oxygen atoms in total. The number of nitrogens with one attached hydrogen (secondary N) is 1. The Morgan fingerprint density at radius 1 is 0.968 bits per heavy atom. The van der Waals surface area contributed by atoms with Gasteiger partial charge in [-0.3, -0.25) is 9.59 Å². The van der Waals surface area contributed by atoms with Gasteiger partial charge in [-0.05, 0) is 61.5 Å². The van der Waals surface area contributed by atoms with E-state index in [0.717, 1.165) is 5.69 Å². The molecule has 0 saturated carbocycles. The van der Waals surface area contributed by atoms with Crippen LogP contribution in [0.1, 0.15) is 27.6 Å². The molecule has 2 heterocycles. The third-order valence-electron chi connectivity index (χ3n) is 4.79. The molecule has 0 spiro atoms. The second kappa shape index (κ2) is 7.90.